The second-order valence-corrected chi connectivity index (χ2v) is 16.3. The zero-order valence-electron chi connectivity index (χ0n) is 39.2. The SMILES string of the molecule is CC/C=C\C/C=C\C/C=C\CCCCCCCCCC(=O)OCC(COC(=O)CCCCCCCCCCCC)OC(=O)CCCCCCC/C=C\C/C=C\C/C=C\CC. The quantitative estimate of drug-likeness (QED) is 0.0263. The van der Waals surface area contributed by atoms with Crippen molar-refractivity contribution in [2.75, 3.05) is 13.2 Å². The van der Waals surface area contributed by atoms with Crippen molar-refractivity contribution in [1.82, 2.24) is 0 Å². The highest BCUT2D eigenvalue weighted by molar-refractivity contribution is 5.71. The molecule has 0 N–H and O–H groups in total. The van der Waals surface area contributed by atoms with Crippen molar-refractivity contribution in [3.63, 3.8) is 0 Å². The Hall–Kier alpha value is -3.15. The largest absolute Gasteiger partial charge is 0.462 e. The van der Waals surface area contributed by atoms with Crippen LogP contribution in [-0.4, -0.2) is 37.2 Å². The van der Waals surface area contributed by atoms with E-state index in [1.165, 1.54) is 70.6 Å². The first-order valence-corrected chi connectivity index (χ1v) is 24.9. The van der Waals surface area contributed by atoms with Gasteiger partial charge in [-0.2, -0.15) is 0 Å². The molecule has 0 fully saturated rings. The van der Waals surface area contributed by atoms with Crippen LogP contribution in [0, 0.1) is 0 Å². The van der Waals surface area contributed by atoms with Gasteiger partial charge in [-0.1, -0.05) is 203 Å². The van der Waals surface area contributed by atoms with Crippen LogP contribution in [0.3, 0.4) is 0 Å². The second-order valence-electron chi connectivity index (χ2n) is 16.3. The summed E-state index contributed by atoms with van der Waals surface area (Å²) in [6, 6.07) is 0. The Morgan fingerprint density at radius 1 is 0.350 bits per heavy atom. The van der Waals surface area contributed by atoms with E-state index in [1.807, 2.05) is 0 Å². The number of carbonyl (C=O) groups excluding carboxylic acids is 3. The van der Waals surface area contributed by atoms with Crippen LogP contribution in [0.25, 0.3) is 0 Å². The molecule has 0 rings (SSSR count). The van der Waals surface area contributed by atoms with Gasteiger partial charge in [-0.05, 0) is 83.5 Å². The minimum absolute atomic E-state index is 0.0847. The molecule has 1 atom stereocenters. The van der Waals surface area contributed by atoms with Gasteiger partial charge in [0.15, 0.2) is 6.10 Å². The highest BCUT2D eigenvalue weighted by Crippen LogP contribution is 2.14. The van der Waals surface area contributed by atoms with E-state index in [9.17, 15) is 14.4 Å². The standard InChI is InChI=1S/C54H92O6/c1-4-7-10-13-16-19-22-24-26-27-29-30-32-35-38-41-44-47-53(56)59-50-51(49-58-52(55)46-43-40-37-34-21-18-15-12-9-6-3)60-54(57)48-45-42-39-36-33-31-28-25-23-20-17-14-11-8-5-2/h7-8,10-11,16-17,19-20,24-26,28,51H,4-6,9,12-15,18,21-23,27,29-50H2,1-3H3/b10-7-,11-8-,19-16-,20-17-,26-24-,28-25-. The first-order chi connectivity index (χ1) is 29.5. The van der Waals surface area contributed by atoms with E-state index in [4.69, 9.17) is 14.2 Å². The van der Waals surface area contributed by atoms with Crippen LogP contribution >= 0.6 is 0 Å². The molecule has 0 bridgehead atoms. The number of esters is 3. The van der Waals surface area contributed by atoms with Crippen LogP contribution in [0.4, 0.5) is 0 Å². The minimum Gasteiger partial charge on any atom is -0.462 e. The fourth-order valence-corrected chi connectivity index (χ4v) is 6.76. The fraction of sp³-hybridized carbons (Fsp3) is 0.722. The van der Waals surface area contributed by atoms with Crippen LogP contribution < -0.4 is 0 Å². The first kappa shape index (κ1) is 56.9. The maximum absolute atomic E-state index is 12.8. The third-order valence-electron chi connectivity index (χ3n) is 10.5. The van der Waals surface area contributed by atoms with Gasteiger partial charge >= 0.3 is 17.9 Å². The zero-order valence-corrected chi connectivity index (χ0v) is 39.2. The summed E-state index contributed by atoms with van der Waals surface area (Å²) in [4.78, 5) is 37.9. The molecule has 0 aliphatic rings. The Morgan fingerprint density at radius 2 is 0.650 bits per heavy atom. The van der Waals surface area contributed by atoms with Crippen LogP contribution in [0.1, 0.15) is 233 Å². The van der Waals surface area contributed by atoms with Gasteiger partial charge in [0, 0.05) is 19.3 Å². The molecular formula is C54H92O6. The monoisotopic (exact) mass is 837 g/mol. The number of hydrogen-bond donors (Lipinski definition) is 0. The molecule has 0 aliphatic heterocycles. The zero-order chi connectivity index (χ0) is 43.7. The van der Waals surface area contributed by atoms with Gasteiger partial charge in [0.05, 0.1) is 0 Å². The van der Waals surface area contributed by atoms with Gasteiger partial charge in [-0.15, -0.1) is 0 Å². The highest BCUT2D eigenvalue weighted by atomic mass is 16.6. The van der Waals surface area contributed by atoms with Crippen molar-refractivity contribution in [1.29, 1.82) is 0 Å². The molecule has 0 amide bonds. The summed E-state index contributed by atoms with van der Waals surface area (Å²) in [6.45, 7) is 6.38. The van der Waals surface area contributed by atoms with Crippen molar-refractivity contribution in [2.45, 2.75) is 239 Å². The Bertz CT molecular complexity index is 1140. The van der Waals surface area contributed by atoms with E-state index in [0.29, 0.717) is 19.3 Å². The molecule has 0 radical (unpaired) electrons. The van der Waals surface area contributed by atoms with Gasteiger partial charge < -0.3 is 14.2 Å². The summed E-state index contributed by atoms with van der Waals surface area (Å²) in [5.74, 6) is -0.913. The van der Waals surface area contributed by atoms with Gasteiger partial charge in [0.2, 0.25) is 0 Å². The number of carbonyl (C=O) groups is 3. The third-order valence-corrected chi connectivity index (χ3v) is 10.5. The van der Waals surface area contributed by atoms with E-state index in [0.717, 1.165) is 122 Å². The molecular weight excluding hydrogens is 745 g/mol. The molecule has 0 aromatic rings. The van der Waals surface area contributed by atoms with Crippen molar-refractivity contribution in [3.05, 3.63) is 72.9 Å². The van der Waals surface area contributed by atoms with Crippen LogP contribution in [0.2, 0.25) is 0 Å². The van der Waals surface area contributed by atoms with Crippen molar-refractivity contribution < 1.29 is 28.6 Å². The fourth-order valence-electron chi connectivity index (χ4n) is 6.76. The molecule has 0 spiro atoms. The Kier molecular flexibility index (Phi) is 46.0. The number of rotatable bonds is 44. The van der Waals surface area contributed by atoms with E-state index >= 15 is 0 Å². The van der Waals surface area contributed by atoms with Crippen molar-refractivity contribution in [3.8, 4) is 0 Å². The maximum atomic E-state index is 12.8. The van der Waals surface area contributed by atoms with E-state index in [2.05, 4.69) is 93.7 Å². The second kappa shape index (κ2) is 48.5. The van der Waals surface area contributed by atoms with Crippen molar-refractivity contribution >= 4 is 17.9 Å². The predicted molar refractivity (Wildman–Crippen MR) is 256 cm³/mol. The molecule has 0 heterocycles. The number of ether oxygens (including phenoxy) is 3. The third kappa shape index (κ3) is 45.9. The maximum Gasteiger partial charge on any atom is 0.306 e. The van der Waals surface area contributed by atoms with Gasteiger partial charge in [-0.3, -0.25) is 14.4 Å². The number of allylic oxidation sites excluding steroid dienone is 12. The van der Waals surface area contributed by atoms with E-state index < -0.39 is 6.10 Å². The molecule has 344 valence electrons. The first-order valence-electron chi connectivity index (χ1n) is 24.9. The van der Waals surface area contributed by atoms with Gasteiger partial charge in [0.1, 0.15) is 13.2 Å². The van der Waals surface area contributed by atoms with Gasteiger partial charge in [0.25, 0.3) is 0 Å². The normalized spacial score (nSPS) is 12.7. The van der Waals surface area contributed by atoms with Crippen LogP contribution in [0.5, 0.6) is 0 Å². The summed E-state index contributed by atoms with van der Waals surface area (Å²) >= 11 is 0. The summed E-state index contributed by atoms with van der Waals surface area (Å²) in [5.41, 5.74) is 0. The lowest BCUT2D eigenvalue weighted by molar-refractivity contribution is -0.167. The molecule has 0 aliphatic carbocycles. The Morgan fingerprint density at radius 3 is 1.02 bits per heavy atom. The summed E-state index contributed by atoms with van der Waals surface area (Å²) < 4.78 is 16.7. The predicted octanol–water partition coefficient (Wildman–Crippen LogP) is 16.3. The molecule has 0 aromatic heterocycles. The minimum atomic E-state index is -0.785. The molecule has 1 unspecified atom stereocenters. The lowest BCUT2D eigenvalue weighted by Crippen LogP contribution is -2.30. The number of hydrogen-bond acceptors (Lipinski definition) is 6. The topological polar surface area (TPSA) is 78.9 Å². The molecule has 0 saturated carbocycles. The lowest BCUT2D eigenvalue weighted by Gasteiger charge is -2.18. The van der Waals surface area contributed by atoms with Crippen LogP contribution in [-0.2, 0) is 28.6 Å². The average Bonchev–Trinajstić information content (AvgIpc) is 3.24. The summed E-state index contributed by atoms with van der Waals surface area (Å²) in [7, 11) is 0. The molecule has 6 nitrogen and oxygen atoms in total. The van der Waals surface area contributed by atoms with Gasteiger partial charge in [-0.25, -0.2) is 0 Å². The molecule has 0 aromatic carbocycles. The van der Waals surface area contributed by atoms with E-state index in [-0.39, 0.29) is 31.1 Å². The molecule has 6 heteroatoms. The van der Waals surface area contributed by atoms with Crippen molar-refractivity contribution in [2.24, 2.45) is 0 Å². The van der Waals surface area contributed by atoms with Crippen LogP contribution in [0.15, 0.2) is 72.9 Å². The summed E-state index contributed by atoms with van der Waals surface area (Å²) in [5, 5.41) is 0. The Balaban J connectivity index is 4.39. The summed E-state index contributed by atoms with van der Waals surface area (Å²) in [6.07, 6.45) is 60.2. The smallest absolute Gasteiger partial charge is 0.306 e. The number of unbranched alkanes of at least 4 members (excludes halogenated alkanes) is 21. The highest BCUT2D eigenvalue weighted by Gasteiger charge is 2.19. The van der Waals surface area contributed by atoms with E-state index in [1.54, 1.807) is 0 Å². The lowest BCUT2D eigenvalue weighted by atomic mass is 10.1. The average molecular weight is 837 g/mol. The molecule has 60 heavy (non-hydrogen) atoms. The molecule has 0 saturated heterocycles. The Labute approximate surface area is 370 Å².